The van der Waals surface area contributed by atoms with E-state index in [9.17, 15) is 4.79 Å². The Morgan fingerprint density at radius 2 is 2.11 bits per heavy atom. The predicted octanol–water partition coefficient (Wildman–Crippen LogP) is 2.31. The highest BCUT2D eigenvalue weighted by Gasteiger charge is 2.27. The Hall–Kier alpha value is -2.72. The monoisotopic (exact) mass is 367 g/mol. The smallest absolute Gasteiger partial charge is 0.226 e. The van der Waals surface area contributed by atoms with Gasteiger partial charge in [0.15, 0.2) is 5.82 Å². The molecule has 142 valence electrons. The molecule has 27 heavy (non-hydrogen) atoms. The molecule has 1 atom stereocenters. The number of aromatic nitrogens is 2. The Morgan fingerprint density at radius 3 is 2.74 bits per heavy atom. The van der Waals surface area contributed by atoms with E-state index in [4.69, 9.17) is 9.78 Å². The van der Waals surface area contributed by atoms with Crippen LogP contribution in [0.5, 0.6) is 0 Å². The zero-order valence-electron chi connectivity index (χ0n) is 15.9. The number of hydrogen-bond acceptors (Lipinski definition) is 6. The molecule has 1 aliphatic heterocycles. The summed E-state index contributed by atoms with van der Waals surface area (Å²) < 4.78 is 5.09. The summed E-state index contributed by atoms with van der Waals surface area (Å²) in [4.78, 5) is 21.1. The minimum atomic E-state index is 0.190. The molecule has 1 aromatic heterocycles. The third-order valence-electron chi connectivity index (χ3n) is 4.87. The molecule has 0 N–H and O–H groups in total. The Morgan fingerprint density at radius 1 is 1.33 bits per heavy atom. The number of nitriles is 1. The fraction of sp³-hybridized carbons (Fsp3) is 0.500. The van der Waals surface area contributed by atoms with Crippen LogP contribution in [0, 0.1) is 18.3 Å². The standard InChI is InChI=1S/C20H25N5O2/c1-15-13-24(14-18-8-6-17(12-21)7-9-18)10-11-25(15)20(26)5-3-4-19-22-16(2)23-27-19/h6-9,15H,3-5,10-11,13-14H2,1-2H3/t15-/m0/s1. The van der Waals surface area contributed by atoms with Gasteiger partial charge in [0.25, 0.3) is 0 Å². The van der Waals surface area contributed by atoms with Crippen molar-refractivity contribution in [1.82, 2.24) is 19.9 Å². The maximum absolute atomic E-state index is 12.5. The summed E-state index contributed by atoms with van der Waals surface area (Å²) in [7, 11) is 0. The maximum atomic E-state index is 12.5. The first-order valence-electron chi connectivity index (χ1n) is 9.35. The van der Waals surface area contributed by atoms with Gasteiger partial charge in [-0.3, -0.25) is 9.69 Å². The average molecular weight is 367 g/mol. The van der Waals surface area contributed by atoms with E-state index in [0.29, 0.717) is 30.1 Å². The molecule has 1 aliphatic rings. The molecule has 2 heterocycles. The molecule has 0 bridgehead atoms. The van der Waals surface area contributed by atoms with Crippen molar-refractivity contribution in [2.24, 2.45) is 0 Å². The van der Waals surface area contributed by atoms with Gasteiger partial charge in [0.2, 0.25) is 11.8 Å². The van der Waals surface area contributed by atoms with E-state index in [1.54, 1.807) is 6.92 Å². The first kappa shape index (κ1) is 19.1. The fourth-order valence-corrected chi connectivity index (χ4v) is 3.47. The van der Waals surface area contributed by atoms with Gasteiger partial charge in [-0.1, -0.05) is 17.3 Å². The molecule has 0 saturated carbocycles. The van der Waals surface area contributed by atoms with Gasteiger partial charge in [0.05, 0.1) is 11.6 Å². The minimum absolute atomic E-state index is 0.190. The van der Waals surface area contributed by atoms with Crippen LogP contribution in [-0.4, -0.2) is 51.5 Å². The molecule has 1 amide bonds. The van der Waals surface area contributed by atoms with Crippen LogP contribution in [0.15, 0.2) is 28.8 Å². The number of rotatable bonds is 6. The lowest BCUT2D eigenvalue weighted by molar-refractivity contribution is -0.135. The van der Waals surface area contributed by atoms with Crippen LogP contribution in [0.25, 0.3) is 0 Å². The molecule has 1 saturated heterocycles. The predicted molar refractivity (Wildman–Crippen MR) is 99.6 cm³/mol. The highest BCUT2D eigenvalue weighted by Crippen LogP contribution is 2.16. The van der Waals surface area contributed by atoms with Crippen molar-refractivity contribution in [3.8, 4) is 6.07 Å². The van der Waals surface area contributed by atoms with Crippen LogP contribution in [0.3, 0.4) is 0 Å². The van der Waals surface area contributed by atoms with Crippen LogP contribution in [0.1, 0.15) is 42.6 Å². The number of amides is 1. The number of piperazine rings is 1. The van der Waals surface area contributed by atoms with Crippen molar-refractivity contribution in [2.45, 2.75) is 45.7 Å². The number of carbonyl (C=O) groups is 1. The third kappa shape index (κ3) is 5.14. The second kappa shape index (κ2) is 8.78. The van der Waals surface area contributed by atoms with Crippen molar-refractivity contribution in [3.63, 3.8) is 0 Å². The summed E-state index contributed by atoms with van der Waals surface area (Å²) in [6.45, 7) is 7.19. The van der Waals surface area contributed by atoms with Gasteiger partial charge in [0, 0.05) is 45.1 Å². The summed E-state index contributed by atoms with van der Waals surface area (Å²) in [5.41, 5.74) is 1.87. The van der Waals surface area contributed by atoms with Crippen LogP contribution >= 0.6 is 0 Å². The molecule has 7 heteroatoms. The topological polar surface area (TPSA) is 86.3 Å². The van der Waals surface area contributed by atoms with Crippen LogP contribution < -0.4 is 0 Å². The molecule has 0 unspecified atom stereocenters. The molecule has 1 fully saturated rings. The van der Waals surface area contributed by atoms with Gasteiger partial charge in [-0.25, -0.2) is 0 Å². The quantitative estimate of drug-likeness (QED) is 0.779. The SMILES string of the molecule is Cc1noc(CCCC(=O)N2CCN(Cc3ccc(C#N)cc3)C[C@@H]2C)n1. The van der Waals surface area contributed by atoms with Crippen LogP contribution in [0.4, 0.5) is 0 Å². The largest absolute Gasteiger partial charge is 0.339 e. The minimum Gasteiger partial charge on any atom is -0.339 e. The van der Waals surface area contributed by atoms with E-state index in [0.717, 1.165) is 32.6 Å². The summed E-state index contributed by atoms with van der Waals surface area (Å²) in [6, 6.07) is 10.0. The van der Waals surface area contributed by atoms with Gasteiger partial charge in [-0.15, -0.1) is 0 Å². The molecule has 7 nitrogen and oxygen atoms in total. The lowest BCUT2D eigenvalue weighted by Crippen LogP contribution is -2.53. The number of nitrogens with zero attached hydrogens (tertiary/aromatic N) is 5. The number of benzene rings is 1. The Kier molecular flexibility index (Phi) is 6.20. The zero-order chi connectivity index (χ0) is 19.2. The third-order valence-corrected chi connectivity index (χ3v) is 4.87. The van der Waals surface area contributed by atoms with Crippen molar-refractivity contribution in [3.05, 3.63) is 47.1 Å². The second-order valence-electron chi connectivity index (χ2n) is 7.07. The lowest BCUT2D eigenvalue weighted by Gasteiger charge is -2.40. The zero-order valence-corrected chi connectivity index (χ0v) is 15.9. The second-order valence-corrected chi connectivity index (χ2v) is 7.07. The van der Waals surface area contributed by atoms with Gasteiger partial charge in [-0.2, -0.15) is 10.2 Å². The van der Waals surface area contributed by atoms with E-state index >= 15 is 0 Å². The maximum Gasteiger partial charge on any atom is 0.226 e. The van der Waals surface area contributed by atoms with Gasteiger partial charge in [0.1, 0.15) is 0 Å². The van der Waals surface area contributed by atoms with Gasteiger partial charge in [-0.05, 0) is 38.0 Å². The lowest BCUT2D eigenvalue weighted by atomic mass is 10.1. The first-order valence-corrected chi connectivity index (χ1v) is 9.35. The van der Waals surface area contributed by atoms with E-state index in [2.05, 4.69) is 28.0 Å². The number of hydrogen-bond donors (Lipinski definition) is 0. The Balaban J connectivity index is 1.44. The molecule has 1 aromatic carbocycles. The van der Waals surface area contributed by atoms with E-state index < -0.39 is 0 Å². The fourth-order valence-electron chi connectivity index (χ4n) is 3.47. The van der Waals surface area contributed by atoms with Crippen molar-refractivity contribution >= 4 is 5.91 Å². The van der Waals surface area contributed by atoms with Crippen molar-refractivity contribution in [2.75, 3.05) is 19.6 Å². The average Bonchev–Trinajstić information content (AvgIpc) is 3.07. The highest BCUT2D eigenvalue weighted by molar-refractivity contribution is 5.76. The number of aryl methyl sites for hydroxylation is 2. The molecule has 0 radical (unpaired) electrons. The summed E-state index contributed by atoms with van der Waals surface area (Å²) >= 11 is 0. The molecule has 3 rings (SSSR count). The molecule has 0 spiro atoms. The molecule has 0 aliphatic carbocycles. The van der Waals surface area contributed by atoms with Crippen LogP contribution in [0.2, 0.25) is 0 Å². The summed E-state index contributed by atoms with van der Waals surface area (Å²) in [5, 5.41) is 12.6. The van der Waals surface area contributed by atoms with Gasteiger partial charge < -0.3 is 9.42 Å². The summed E-state index contributed by atoms with van der Waals surface area (Å²) in [5.74, 6) is 1.42. The molecular weight excluding hydrogens is 342 g/mol. The Labute approximate surface area is 159 Å². The van der Waals surface area contributed by atoms with E-state index in [-0.39, 0.29) is 11.9 Å². The molecule has 2 aromatic rings. The first-order chi connectivity index (χ1) is 13.0. The highest BCUT2D eigenvalue weighted by atomic mass is 16.5. The van der Waals surface area contributed by atoms with Gasteiger partial charge >= 0.3 is 0 Å². The normalized spacial score (nSPS) is 17.7. The number of carbonyl (C=O) groups excluding carboxylic acids is 1. The van der Waals surface area contributed by atoms with E-state index in [1.165, 1.54) is 5.56 Å². The van der Waals surface area contributed by atoms with Crippen molar-refractivity contribution < 1.29 is 9.32 Å². The summed E-state index contributed by atoms with van der Waals surface area (Å²) in [6.07, 6.45) is 1.86. The van der Waals surface area contributed by atoms with Crippen LogP contribution in [-0.2, 0) is 17.8 Å². The molecular formula is C20H25N5O2. The van der Waals surface area contributed by atoms with Crippen molar-refractivity contribution in [1.29, 1.82) is 5.26 Å². The Bertz CT molecular complexity index is 809. The van der Waals surface area contributed by atoms with E-state index in [1.807, 2.05) is 29.2 Å².